The number of carboxylic acid groups (broad SMARTS) is 1. The topological polar surface area (TPSA) is 114 Å². The number of nitrogens with zero attached hydrogens (tertiary/aromatic N) is 1. The molecule has 0 radical (unpaired) electrons. The Bertz CT molecular complexity index is 640. The number of hydrogen-bond donors (Lipinski definition) is 3. The molecule has 132 valence electrons. The zero-order chi connectivity index (χ0) is 17.9. The van der Waals surface area contributed by atoms with Crippen molar-refractivity contribution in [3.63, 3.8) is 0 Å². The first-order chi connectivity index (χ1) is 11.4. The number of carbonyl (C=O) groups excluding carboxylic acids is 1. The van der Waals surface area contributed by atoms with Crippen molar-refractivity contribution in [2.24, 2.45) is 0 Å². The van der Waals surface area contributed by atoms with Crippen LogP contribution in [-0.2, 0) is 4.74 Å². The lowest BCUT2D eigenvalue weighted by molar-refractivity contribution is -0.0220. The number of nitrogens with one attached hydrogen (secondary N) is 1. The van der Waals surface area contributed by atoms with E-state index in [-0.39, 0.29) is 22.0 Å². The predicted octanol–water partition coefficient (Wildman–Crippen LogP) is 1.78. The number of carbonyl (C=O) groups is 2. The van der Waals surface area contributed by atoms with Gasteiger partial charge in [0.2, 0.25) is 0 Å². The fourth-order valence-electron chi connectivity index (χ4n) is 2.72. The second kappa shape index (κ2) is 7.59. The number of nitrogen functional groups attached to an aromatic ring is 1. The number of methoxy groups -OCH3 is 2. The summed E-state index contributed by atoms with van der Waals surface area (Å²) in [6, 6.07) is 2.84. The molecule has 0 spiro atoms. The standard InChI is InChI=1S/C15H20ClN3O5/c1-23-11-4-3-5-19(15(21)22)13(11)18-14(20)8-6-9(16)10(17)7-12(8)24-2/h6-7,11,13H,3-5,17H2,1-2H3,(H,18,20)(H,21,22). The van der Waals surface area contributed by atoms with E-state index in [0.717, 1.165) is 4.90 Å². The van der Waals surface area contributed by atoms with Gasteiger partial charge >= 0.3 is 6.09 Å². The Balaban J connectivity index is 2.29. The third-order valence-corrected chi connectivity index (χ3v) is 4.29. The molecule has 0 aromatic heterocycles. The minimum absolute atomic E-state index is 0.169. The van der Waals surface area contributed by atoms with Gasteiger partial charge in [-0.25, -0.2) is 4.79 Å². The number of hydrogen-bond acceptors (Lipinski definition) is 5. The molecule has 2 amide bonds. The molecule has 1 aromatic rings. The SMILES string of the molecule is COc1cc(N)c(Cl)cc1C(=O)NC1C(OC)CCCN1C(=O)O. The van der Waals surface area contributed by atoms with Crippen LogP contribution in [0.4, 0.5) is 10.5 Å². The normalized spacial score (nSPS) is 20.5. The van der Waals surface area contributed by atoms with Gasteiger partial charge in [0.1, 0.15) is 11.9 Å². The second-order valence-corrected chi connectivity index (χ2v) is 5.79. The van der Waals surface area contributed by atoms with Crippen LogP contribution >= 0.6 is 11.6 Å². The van der Waals surface area contributed by atoms with Crippen molar-refractivity contribution >= 4 is 29.3 Å². The van der Waals surface area contributed by atoms with Gasteiger partial charge in [-0.3, -0.25) is 9.69 Å². The smallest absolute Gasteiger partial charge is 0.409 e. The van der Waals surface area contributed by atoms with E-state index in [1.807, 2.05) is 0 Å². The predicted molar refractivity (Wildman–Crippen MR) is 88.4 cm³/mol. The summed E-state index contributed by atoms with van der Waals surface area (Å²) in [7, 11) is 2.89. The average molecular weight is 358 g/mol. The van der Waals surface area contributed by atoms with Crippen LogP contribution in [0.1, 0.15) is 23.2 Å². The van der Waals surface area contributed by atoms with Crippen LogP contribution in [0, 0.1) is 0 Å². The summed E-state index contributed by atoms with van der Waals surface area (Å²) < 4.78 is 10.5. The number of rotatable bonds is 4. The molecule has 2 rings (SSSR count). The van der Waals surface area contributed by atoms with Crippen LogP contribution in [0.25, 0.3) is 0 Å². The summed E-state index contributed by atoms with van der Waals surface area (Å²) in [4.78, 5) is 25.2. The molecule has 0 saturated carbocycles. The third kappa shape index (κ3) is 3.65. The third-order valence-electron chi connectivity index (χ3n) is 3.97. The number of amides is 2. The van der Waals surface area contributed by atoms with Gasteiger partial charge in [-0.05, 0) is 18.9 Å². The maximum Gasteiger partial charge on any atom is 0.409 e. The molecule has 8 nitrogen and oxygen atoms in total. The number of piperidine rings is 1. The lowest BCUT2D eigenvalue weighted by Gasteiger charge is -2.39. The highest BCUT2D eigenvalue weighted by atomic mass is 35.5. The molecule has 1 saturated heterocycles. The highest BCUT2D eigenvalue weighted by Gasteiger charge is 2.36. The van der Waals surface area contributed by atoms with E-state index in [4.69, 9.17) is 26.8 Å². The molecule has 4 N–H and O–H groups in total. The molecule has 0 aliphatic carbocycles. The molecule has 1 fully saturated rings. The minimum atomic E-state index is -1.12. The number of ether oxygens (including phenoxy) is 2. The Morgan fingerprint density at radius 1 is 1.42 bits per heavy atom. The Labute approximate surface area is 144 Å². The molecular formula is C15H20ClN3O5. The van der Waals surface area contributed by atoms with Crippen molar-refractivity contribution in [2.75, 3.05) is 26.5 Å². The van der Waals surface area contributed by atoms with Crippen molar-refractivity contribution in [2.45, 2.75) is 25.1 Å². The molecule has 1 heterocycles. The summed E-state index contributed by atoms with van der Waals surface area (Å²) in [6.45, 7) is 0.319. The summed E-state index contributed by atoms with van der Waals surface area (Å²) in [5.74, 6) is -0.269. The molecular weight excluding hydrogens is 338 g/mol. The maximum atomic E-state index is 12.6. The van der Waals surface area contributed by atoms with Gasteiger partial charge in [0.05, 0.1) is 29.5 Å². The van der Waals surface area contributed by atoms with Gasteiger partial charge in [-0.15, -0.1) is 0 Å². The maximum absolute atomic E-state index is 12.6. The summed E-state index contributed by atoms with van der Waals surface area (Å²) >= 11 is 5.97. The van der Waals surface area contributed by atoms with Crippen LogP contribution in [-0.4, -0.2) is 55.0 Å². The summed E-state index contributed by atoms with van der Waals surface area (Å²) in [5.41, 5.74) is 6.16. The summed E-state index contributed by atoms with van der Waals surface area (Å²) in [6.07, 6.45) is -1.05. The van der Waals surface area contributed by atoms with Crippen LogP contribution in [0.3, 0.4) is 0 Å². The Hall–Kier alpha value is -2.19. The lowest BCUT2D eigenvalue weighted by atomic mass is 10.0. The van der Waals surface area contributed by atoms with Gasteiger partial charge in [-0.1, -0.05) is 11.6 Å². The molecule has 2 unspecified atom stereocenters. The second-order valence-electron chi connectivity index (χ2n) is 5.38. The number of likely N-dealkylation sites (tertiary alicyclic amines) is 1. The van der Waals surface area contributed by atoms with Gasteiger partial charge in [0, 0.05) is 19.7 Å². The molecule has 9 heteroatoms. The highest BCUT2D eigenvalue weighted by Crippen LogP contribution is 2.29. The molecule has 1 aliphatic rings. The van der Waals surface area contributed by atoms with Crippen LogP contribution in [0.15, 0.2) is 12.1 Å². The summed E-state index contributed by atoms with van der Waals surface area (Å²) in [5, 5.41) is 12.2. The van der Waals surface area contributed by atoms with Crippen molar-refractivity contribution in [3.05, 3.63) is 22.7 Å². The Kier molecular flexibility index (Phi) is 5.74. The van der Waals surface area contributed by atoms with Crippen LogP contribution in [0.2, 0.25) is 5.02 Å². The zero-order valence-corrected chi connectivity index (χ0v) is 14.2. The van der Waals surface area contributed by atoms with Crippen molar-refractivity contribution in [1.29, 1.82) is 0 Å². The molecule has 2 atom stereocenters. The zero-order valence-electron chi connectivity index (χ0n) is 13.4. The number of anilines is 1. The van der Waals surface area contributed by atoms with E-state index in [1.54, 1.807) is 0 Å². The Morgan fingerprint density at radius 2 is 2.12 bits per heavy atom. The van der Waals surface area contributed by atoms with Crippen LogP contribution in [0.5, 0.6) is 5.75 Å². The van der Waals surface area contributed by atoms with Crippen molar-refractivity contribution in [1.82, 2.24) is 10.2 Å². The Morgan fingerprint density at radius 3 is 2.71 bits per heavy atom. The van der Waals surface area contributed by atoms with E-state index in [2.05, 4.69) is 5.32 Å². The van der Waals surface area contributed by atoms with Crippen molar-refractivity contribution in [3.8, 4) is 5.75 Å². The van der Waals surface area contributed by atoms with E-state index >= 15 is 0 Å². The highest BCUT2D eigenvalue weighted by molar-refractivity contribution is 6.33. The first kappa shape index (κ1) is 18.2. The van der Waals surface area contributed by atoms with E-state index < -0.39 is 24.3 Å². The fourth-order valence-corrected chi connectivity index (χ4v) is 2.88. The van der Waals surface area contributed by atoms with Gasteiger partial charge in [0.25, 0.3) is 5.91 Å². The first-order valence-electron chi connectivity index (χ1n) is 7.35. The van der Waals surface area contributed by atoms with E-state index in [9.17, 15) is 14.7 Å². The molecule has 1 aliphatic heterocycles. The first-order valence-corrected chi connectivity index (χ1v) is 7.73. The van der Waals surface area contributed by atoms with E-state index in [1.165, 1.54) is 26.4 Å². The number of benzene rings is 1. The fraction of sp³-hybridized carbons (Fsp3) is 0.467. The number of halogens is 1. The largest absolute Gasteiger partial charge is 0.496 e. The lowest BCUT2D eigenvalue weighted by Crippen LogP contribution is -2.59. The average Bonchev–Trinajstić information content (AvgIpc) is 2.56. The van der Waals surface area contributed by atoms with Gasteiger partial charge < -0.3 is 25.6 Å². The van der Waals surface area contributed by atoms with Crippen molar-refractivity contribution < 1.29 is 24.2 Å². The van der Waals surface area contributed by atoms with Crippen LogP contribution < -0.4 is 15.8 Å². The quantitative estimate of drug-likeness (QED) is 0.708. The van der Waals surface area contributed by atoms with Gasteiger partial charge in [0.15, 0.2) is 0 Å². The van der Waals surface area contributed by atoms with Gasteiger partial charge in [-0.2, -0.15) is 0 Å². The minimum Gasteiger partial charge on any atom is -0.496 e. The molecule has 0 bridgehead atoms. The molecule has 1 aromatic carbocycles. The van der Waals surface area contributed by atoms with E-state index in [0.29, 0.717) is 19.4 Å². The number of nitrogens with two attached hydrogens (primary N) is 1. The monoisotopic (exact) mass is 357 g/mol. The molecule has 24 heavy (non-hydrogen) atoms.